The second kappa shape index (κ2) is 15.6. The van der Waals surface area contributed by atoms with Gasteiger partial charge in [-0.05, 0) is 66.6 Å². The van der Waals surface area contributed by atoms with Crippen LogP contribution in [0.4, 0.5) is 5.69 Å². The number of aliphatic hydroxyl groups excluding tert-OH is 1. The Morgan fingerprint density at radius 2 is 1.73 bits per heavy atom. The van der Waals surface area contributed by atoms with Crippen molar-refractivity contribution >= 4 is 31.8 Å². The van der Waals surface area contributed by atoms with Crippen molar-refractivity contribution < 1.29 is 31.5 Å². The van der Waals surface area contributed by atoms with Crippen molar-refractivity contribution in [1.29, 1.82) is 0 Å². The normalized spacial score (nSPS) is 14.8. The molecule has 1 amide bonds. The van der Waals surface area contributed by atoms with Gasteiger partial charge >= 0.3 is 0 Å². The maximum absolute atomic E-state index is 13.8. The first-order chi connectivity index (χ1) is 21.4. The van der Waals surface area contributed by atoms with Crippen molar-refractivity contribution in [3.63, 3.8) is 0 Å². The Hall–Kier alpha value is -3.56. The van der Waals surface area contributed by atoms with Crippen molar-refractivity contribution in [2.45, 2.75) is 49.5 Å². The van der Waals surface area contributed by atoms with E-state index in [1.165, 1.54) is 46.9 Å². The van der Waals surface area contributed by atoms with Crippen LogP contribution in [0.25, 0.3) is 0 Å². The number of nitrogens with zero attached hydrogens (tertiary/aromatic N) is 3. The summed E-state index contributed by atoms with van der Waals surface area (Å²) >= 11 is 0. The molecule has 244 valence electrons. The zero-order valence-electron chi connectivity index (χ0n) is 25.3. The summed E-state index contributed by atoms with van der Waals surface area (Å²) in [6, 6.07) is 17.2. The maximum Gasteiger partial charge on any atom is 0.296 e. The highest BCUT2D eigenvalue weighted by Gasteiger charge is 2.31. The summed E-state index contributed by atoms with van der Waals surface area (Å²) in [5.74, 6) is 0.326. The molecule has 1 aliphatic rings. The highest BCUT2D eigenvalue weighted by Crippen LogP contribution is 2.28. The first-order valence-electron chi connectivity index (χ1n) is 14.8. The number of rotatable bonds is 16. The monoisotopic (exact) mass is 659 g/mol. The number of sulfonamides is 1. The second-order valence-corrected chi connectivity index (χ2v) is 14.5. The van der Waals surface area contributed by atoms with Crippen LogP contribution < -0.4 is 14.6 Å². The van der Waals surface area contributed by atoms with Crippen molar-refractivity contribution in [3.05, 3.63) is 84.2 Å². The van der Waals surface area contributed by atoms with Crippen molar-refractivity contribution in [1.82, 2.24) is 14.2 Å². The van der Waals surface area contributed by atoms with Gasteiger partial charge in [0, 0.05) is 32.4 Å². The van der Waals surface area contributed by atoms with E-state index in [-0.39, 0.29) is 55.0 Å². The summed E-state index contributed by atoms with van der Waals surface area (Å²) in [5.41, 5.74) is 1.41. The molecule has 0 radical (unpaired) electrons. The second-order valence-electron chi connectivity index (χ2n) is 11.2. The fourth-order valence-corrected chi connectivity index (χ4v) is 7.56. The van der Waals surface area contributed by atoms with Gasteiger partial charge in [0.2, 0.25) is 15.9 Å². The van der Waals surface area contributed by atoms with Crippen molar-refractivity contribution in [2.75, 3.05) is 38.0 Å². The molecular formula is C31H41N5O7S2. The lowest BCUT2D eigenvalue weighted by atomic mass is 10.1. The van der Waals surface area contributed by atoms with E-state index in [2.05, 4.69) is 9.71 Å². The minimum atomic E-state index is -4.11. The number of carbonyl (C=O) groups excluding carboxylic acids is 1. The summed E-state index contributed by atoms with van der Waals surface area (Å²) in [7, 11) is -6.57. The summed E-state index contributed by atoms with van der Waals surface area (Å²) in [6.07, 6.45) is 5.68. The molecule has 4 N–H and O–H groups in total. The topological polar surface area (TPSA) is 172 Å². The Morgan fingerprint density at radius 3 is 2.38 bits per heavy atom. The number of methoxy groups -OCH3 is 1. The van der Waals surface area contributed by atoms with Crippen LogP contribution in [0.3, 0.4) is 0 Å². The van der Waals surface area contributed by atoms with E-state index < -0.39 is 26.3 Å². The highest BCUT2D eigenvalue weighted by atomic mass is 32.2. The van der Waals surface area contributed by atoms with Gasteiger partial charge in [0.15, 0.2) is 0 Å². The first kappa shape index (κ1) is 34.3. The Kier molecular flexibility index (Phi) is 11.9. The van der Waals surface area contributed by atoms with Crippen LogP contribution in [0.5, 0.6) is 5.75 Å². The molecule has 1 heterocycles. The molecule has 0 bridgehead atoms. The third kappa shape index (κ3) is 10.2. The largest absolute Gasteiger partial charge is 0.497 e. The molecule has 1 aliphatic carbocycles. The lowest BCUT2D eigenvalue weighted by molar-refractivity contribution is -0.132. The molecule has 1 fully saturated rings. The molecular weight excluding hydrogens is 619 g/mol. The quantitative estimate of drug-likeness (QED) is 0.211. The zero-order valence-corrected chi connectivity index (χ0v) is 26.9. The van der Waals surface area contributed by atoms with E-state index in [0.717, 1.165) is 31.2 Å². The Balaban J connectivity index is 1.55. The van der Waals surface area contributed by atoms with Gasteiger partial charge in [-0.2, -0.15) is 12.7 Å². The predicted molar refractivity (Wildman–Crippen MR) is 171 cm³/mol. The van der Waals surface area contributed by atoms with Crippen LogP contribution in [0.1, 0.15) is 36.8 Å². The lowest BCUT2D eigenvalue weighted by Crippen LogP contribution is -2.46. The number of aliphatic hydroxyl groups is 1. The number of nitrogens with one attached hydrogen (secondary N) is 1. The standard InChI is InChI=1S/C31H41N5O7S2/c1-43-28-11-13-29(14-12-28)44(39,40)36(21-25-9-5-6-10-25)23-27(37)22-35(18-16-24-7-3-2-4-8-24)31(38)19-26-15-17-33-20-30(26)34-45(32,41)42/h2-4,7-8,11-15,17,20,25,27,34,37H,5-6,9-10,16,18-19,21-23H2,1H3,(H2,32,41,42)/t27-/m0/s1. The van der Waals surface area contributed by atoms with Gasteiger partial charge in [0.25, 0.3) is 10.2 Å². The molecule has 1 atom stereocenters. The number of anilines is 1. The highest BCUT2D eigenvalue weighted by molar-refractivity contribution is 7.90. The Bertz CT molecular complexity index is 1620. The minimum Gasteiger partial charge on any atom is -0.497 e. The number of nitrogens with two attached hydrogens (primary N) is 1. The smallest absolute Gasteiger partial charge is 0.296 e. The summed E-state index contributed by atoms with van der Waals surface area (Å²) in [4.78, 5) is 19.2. The predicted octanol–water partition coefficient (Wildman–Crippen LogP) is 2.56. The van der Waals surface area contributed by atoms with Crippen LogP contribution in [0, 0.1) is 5.92 Å². The number of ether oxygens (including phenoxy) is 1. The van der Waals surface area contributed by atoms with E-state index in [0.29, 0.717) is 17.7 Å². The molecule has 0 saturated heterocycles. The van der Waals surface area contributed by atoms with Gasteiger partial charge in [-0.25, -0.2) is 13.6 Å². The van der Waals surface area contributed by atoms with Crippen LogP contribution in [-0.4, -0.2) is 81.4 Å². The number of pyridine rings is 1. The third-order valence-electron chi connectivity index (χ3n) is 7.85. The number of amides is 1. The van der Waals surface area contributed by atoms with Gasteiger partial charge in [0.1, 0.15) is 5.75 Å². The molecule has 12 nitrogen and oxygen atoms in total. The SMILES string of the molecule is COc1ccc(S(=O)(=O)N(CC2CCCC2)C[C@@H](O)CN(CCc2ccccc2)C(=O)Cc2ccncc2NS(N)(=O)=O)cc1. The molecule has 0 spiro atoms. The first-order valence-corrected chi connectivity index (χ1v) is 17.8. The fraction of sp³-hybridized carbons (Fsp3) is 0.419. The fourth-order valence-electron chi connectivity index (χ4n) is 5.52. The molecule has 1 saturated carbocycles. The van der Waals surface area contributed by atoms with Crippen LogP contribution in [0.2, 0.25) is 0 Å². The zero-order chi connectivity index (χ0) is 32.5. The van der Waals surface area contributed by atoms with Crippen LogP contribution in [0.15, 0.2) is 78.0 Å². The average molecular weight is 660 g/mol. The Morgan fingerprint density at radius 1 is 1.04 bits per heavy atom. The van der Waals surface area contributed by atoms with E-state index in [1.807, 2.05) is 30.3 Å². The lowest BCUT2D eigenvalue weighted by Gasteiger charge is -2.30. The molecule has 14 heteroatoms. The van der Waals surface area contributed by atoms with E-state index in [4.69, 9.17) is 9.88 Å². The number of carbonyl (C=O) groups is 1. The van der Waals surface area contributed by atoms with Gasteiger partial charge in [-0.15, -0.1) is 0 Å². The maximum atomic E-state index is 13.8. The summed E-state index contributed by atoms with van der Waals surface area (Å²) < 4.78 is 59.6. The minimum absolute atomic E-state index is 0.0743. The van der Waals surface area contributed by atoms with Gasteiger partial charge in [-0.3, -0.25) is 14.5 Å². The van der Waals surface area contributed by atoms with Gasteiger partial charge in [0.05, 0.1) is 36.4 Å². The van der Waals surface area contributed by atoms with Gasteiger partial charge < -0.3 is 14.7 Å². The molecule has 3 aromatic rings. The number of aromatic nitrogens is 1. The number of hydrogen-bond acceptors (Lipinski definition) is 8. The number of benzene rings is 2. The van der Waals surface area contributed by atoms with E-state index in [9.17, 15) is 26.7 Å². The summed E-state index contributed by atoms with van der Waals surface area (Å²) in [5, 5.41) is 16.5. The molecule has 1 aromatic heterocycles. The Labute approximate surface area is 265 Å². The molecule has 45 heavy (non-hydrogen) atoms. The molecule has 0 aliphatic heterocycles. The van der Waals surface area contributed by atoms with E-state index in [1.54, 1.807) is 12.1 Å². The van der Waals surface area contributed by atoms with Gasteiger partial charge in [-0.1, -0.05) is 43.2 Å². The van der Waals surface area contributed by atoms with Crippen LogP contribution >= 0.6 is 0 Å². The molecule has 2 aromatic carbocycles. The summed E-state index contributed by atoms with van der Waals surface area (Å²) in [6.45, 7) is 0.182. The average Bonchev–Trinajstić information content (AvgIpc) is 3.53. The third-order valence-corrected chi connectivity index (χ3v) is 10.2. The van der Waals surface area contributed by atoms with Crippen molar-refractivity contribution in [3.8, 4) is 5.75 Å². The molecule has 4 rings (SSSR count). The van der Waals surface area contributed by atoms with E-state index >= 15 is 0 Å². The number of hydrogen-bond donors (Lipinski definition) is 3. The molecule has 0 unspecified atom stereocenters. The van der Waals surface area contributed by atoms with Crippen molar-refractivity contribution in [2.24, 2.45) is 11.1 Å². The van der Waals surface area contributed by atoms with Crippen LogP contribution in [-0.2, 0) is 37.9 Å².